The number of rotatable bonds is 3. The fourth-order valence-electron chi connectivity index (χ4n) is 2.99. The zero-order valence-corrected chi connectivity index (χ0v) is 16.7. The first kappa shape index (κ1) is 19.4. The van der Waals surface area contributed by atoms with Gasteiger partial charge in [0.05, 0.1) is 0 Å². The molecule has 0 aromatic rings. The number of halogens is 1. The number of likely N-dealkylation sites (tertiary alicyclic amines) is 1. The Morgan fingerprint density at radius 2 is 1.95 bits per heavy atom. The van der Waals surface area contributed by atoms with E-state index in [0.717, 1.165) is 57.6 Å². The van der Waals surface area contributed by atoms with Gasteiger partial charge in [-0.15, -0.1) is 24.0 Å². The van der Waals surface area contributed by atoms with E-state index in [0.29, 0.717) is 4.75 Å². The van der Waals surface area contributed by atoms with Gasteiger partial charge in [-0.05, 0) is 37.9 Å². The van der Waals surface area contributed by atoms with Gasteiger partial charge >= 0.3 is 0 Å². The highest BCUT2D eigenvalue weighted by molar-refractivity contribution is 14.0. The van der Waals surface area contributed by atoms with Crippen molar-refractivity contribution in [3.63, 3.8) is 0 Å². The van der Waals surface area contributed by atoms with E-state index in [1.807, 2.05) is 18.8 Å². The third-order valence-electron chi connectivity index (χ3n) is 4.70. The smallest absolute Gasteiger partial charge is 0.193 e. The van der Waals surface area contributed by atoms with Crippen LogP contribution in [-0.2, 0) is 4.74 Å². The zero-order chi connectivity index (χ0) is 14.4. The maximum absolute atomic E-state index is 5.51. The second kappa shape index (κ2) is 9.45. The topological polar surface area (TPSA) is 36.9 Å². The van der Waals surface area contributed by atoms with Crippen LogP contribution in [0.1, 0.15) is 32.6 Å². The lowest BCUT2D eigenvalue weighted by Gasteiger charge is -2.38. The second-order valence-corrected chi connectivity index (χ2v) is 7.34. The lowest BCUT2D eigenvalue weighted by Crippen LogP contribution is -2.50. The summed E-state index contributed by atoms with van der Waals surface area (Å²) in [5, 5.41) is 3.61. The van der Waals surface area contributed by atoms with E-state index in [4.69, 9.17) is 4.74 Å². The summed E-state index contributed by atoms with van der Waals surface area (Å²) in [6.45, 7) is 7.39. The zero-order valence-electron chi connectivity index (χ0n) is 13.6. The monoisotopic (exact) mass is 427 g/mol. The Balaban J connectivity index is 0.00000220. The van der Waals surface area contributed by atoms with Gasteiger partial charge in [0.1, 0.15) is 0 Å². The van der Waals surface area contributed by atoms with E-state index in [2.05, 4.69) is 28.4 Å². The molecule has 0 amide bonds. The van der Waals surface area contributed by atoms with Crippen molar-refractivity contribution in [1.82, 2.24) is 10.2 Å². The number of piperidine rings is 1. The summed E-state index contributed by atoms with van der Waals surface area (Å²) in [7, 11) is 1.90. The lowest BCUT2D eigenvalue weighted by molar-refractivity contribution is 0.0780. The number of hydrogen-bond acceptors (Lipinski definition) is 3. The van der Waals surface area contributed by atoms with Gasteiger partial charge in [-0.3, -0.25) is 4.99 Å². The van der Waals surface area contributed by atoms with Crippen molar-refractivity contribution in [2.75, 3.05) is 46.2 Å². The van der Waals surface area contributed by atoms with Crippen molar-refractivity contribution >= 4 is 41.7 Å². The predicted molar refractivity (Wildman–Crippen MR) is 103 cm³/mol. The summed E-state index contributed by atoms with van der Waals surface area (Å²) in [5.41, 5.74) is 0. The van der Waals surface area contributed by atoms with Crippen LogP contribution in [-0.4, -0.2) is 61.8 Å². The first-order valence-corrected chi connectivity index (χ1v) is 9.00. The first-order valence-electron chi connectivity index (χ1n) is 7.77. The molecule has 2 saturated heterocycles. The minimum atomic E-state index is 0. The van der Waals surface area contributed by atoms with Gasteiger partial charge in [0, 0.05) is 44.6 Å². The Morgan fingerprint density at radius 3 is 2.48 bits per heavy atom. The fraction of sp³-hybridized carbons (Fsp3) is 0.933. The van der Waals surface area contributed by atoms with Crippen LogP contribution < -0.4 is 5.32 Å². The SMILES string of the molecule is CN=C(NCC1(SC)CCOCC1)N1CCC(C)CC1.I. The Kier molecular flexibility index (Phi) is 8.71. The number of aliphatic imine (C=N–C) groups is 1. The summed E-state index contributed by atoms with van der Waals surface area (Å²) >= 11 is 1.98. The highest BCUT2D eigenvalue weighted by Gasteiger charge is 2.32. The average Bonchev–Trinajstić information content (AvgIpc) is 2.50. The number of nitrogens with zero attached hydrogens (tertiary/aromatic N) is 2. The standard InChI is InChI=1S/C15H29N3OS.HI/c1-13-4-8-18(9-5-13)14(16-2)17-12-15(20-3)6-10-19-11-7-15;/h13H,4-12H2,1-3H3,(H,16,17);1H. The summed E-state index contributed by atoms with van der Waals surface area (Å²) < 4.78 is 5.82. The van der Waals surface area contributed by atoms with Gasteiger partial charge in [0.2, 0.25) is 0 Å². The van der Waals surface area contributed by atoms with Crippen LogP contribution in [0.4, 0.5) is 0 Å². The van der Waals surface area contributed by atoms with Gasteiger partial charge in [-0.1, -0.05) is 6.92 Å². The molecule has 0 aromatic heterocycles. The van der Waals surface area contributed by atoms with Crippen LogP contribution >= 0.6 is 35.7 Å². The van der Waals surface area contributed by atoms with Crippen LogP contribution in [0.2, 0.25) is 0 Å². The summed E-state index contributed by atoms with van der Waals surface area (Å²) in [6.07, 6.45) is 7.05. The van der Waals surface area contributed by atoms with Crippen LogP contribution in [0, 0.1) is 5.92 Å². The second-order valence-electron chi connectivity index (χ2n) is 6.07. The van der Waals surface area contributed by atoms with Crippen molar-refractivity contribution < 1.29 is 4.74 Å². The molecule has 1 N–H and O–H groups in total. The summed E-state index contributed by atoms with van der Waals surface area (Å²) in [5.74, 6) is 1.94. The van der Waals surface area contributed by atoms with Crippen molar-refractivity contribution in [2.45, 2.75) is 37.4 Å². The molecule has 21 heavy (non-hydrogen) atoms. The molecular weight excluding hydrogens is 397 g/mol. The van der Waals surface area contributed by atoms with E-state index in [-0.39, 0.29) is 24.0 Å². The van der Waals surface area contributed by atoms with Crippen LogP contribution in [0.15, 0.2) is 4.99 Å². The lowest BCUT2D eigenvalue weighted by atomic mass is 9.98. The fourth-order valence-corrected chi connectivity index (χ4v) is 3.78. The van der Waals surface area contributed by atoms with Crippen LogP contribution in [0.3, 0.4) is 0 Å². The molecule has 0 spiro atoms. The molecule has 2 aliphatic rings. The summed E-state index contributed by atoms with van der Waals surface area (Å²) in [6, 6.07) is 0. The minimum Gasteiger partial charge on any atom is -0.381 e. The van der Waals surface area contributed by atoms with Crippen LogP contribution in [0.5, 0.6) is 0 Å². The Hall–Kier alpha value is 0.310. The highest BCUT2D eigenvalue weighted by atomic mass is 127. The molecule has 0 aliphatic carbocycles. The third-order valence-corrected chi connectivity index (χ3v) is 6.12. The van der Waals surface area contributed by atoms with Gasteiger partial charge in [0.25, 0.3) is 0 Å². The maximum atomic E-state index is 5.51. The Labute approximate surface area is 150 Å². The quantitative estimate of drug-likeness (QED) is 0.427. The molecule has 0 atom stereocenters. The van der Waals surface area contributed by atoms with E-state index in [1.165, 1.54) is 12.8 Å². The maximum Gasteiger partial charge on any atom is 0.193 e. The molecule has 2 heterocycles. The molecule has 0 saturated carbocycles. The number of guanidine groups is 1. The Morgan fingerprint density at radius 1 is 1.33 bits per heavy atom. The van der Waals surface area contributed by atoms with Crippen molar-refractivity contribution in [3.05, 3.63) is 0 Å². The molecule has 0 aromatic carbocycles. The normalized spacial score (nSPS) is 23.6. The molecular formula is C15H30IN3OS. The molecule has 0 unspecified atom stereocenters. The van der Waals surface area contributed by atoms with Gasteiger partial charge in [-0.2, -0.15) is 11.8 Å². The molecule has 124 valence electrons. The molecule has 2 rings (SSSR count). The van der Waals surface area contributed by atoms with Crippen molar-refractivity contribution in [3.8, 4) is 0 Å². The largest absolute Gasteiger partial charge is 0.381 e. The highest BCUT2D eigenvalue weighted by Crippen LogP contribution is 2.33. The van der Waals surface area contributed by atoms with Gasteiger partial charge < -0.3 is 15.0 Å². The number of thioether (sulfide) groups is 1. The molecule has 2 aliphatic heterocycles. The summed E-state index contributed by atoms with van der Waals surface area (Å²) in [4.78, 5) is 6.89. The minimum absolute atomic E-state index is 0. The van der Waals surface area contributed by atoms with Crippen molar-refractivity contribution in [1.29, 1.82) is 0 Å². The molecule has 2 fully saturated rings. The van der Waals surface area contributed by atoms with Gasteiger partial charge in [-0.25, -0.2) is 0 Å². The van der Waals surface area contributed by atoms with Crippen molar-refractivity contribution in [2.24, 2.45) is 10.9 Å². The predicted octanol–water partition coefficient (Wildman–Crippen LogP) is 2.82. The van der Waals surface area contributed by atoms with E-state index < -0.39 is 0 Å². The van der Waals surface area contributed by atoms with E-state index in [1.54, 1.807) is 0 Å². The number of nitrogens with one attached hydrogen (secondary N) is 1. The van der Waals surface area contributed by atoms with Gasteiger partial charge in [0.15, 0.2) is 5.96 Å². The molecule has 0 bridgehead atoms. The average molecular weight is 427 g/mol. The molecule has 4 nitrogen and oxygen atoms in total. The Bertz CT molecular complexity index is 327. The molecule has 0 radical (unpaired) electrons. The van der Waals surface area contributed by atoms with Crippen LogP contribution in [0.25, 0.3) is 0 Å². The number of hydrogen-bond donors (Lipinski definition) is 1. The third kappa shape index (κ3) is 5.46. The first-order chi connectivity index (χ1) is 9.69. The number of ether oxygens (including phenoxy) is 1. The molecule has 6 heteroatoms. The van der Waals surface area contributed by atoms with E-state index in [9.17, 15) is 0 Å². The van der Waals surface area contributed by atoms with E-state index >= 15 is 0 Å².